The van der Waals surface area contributed by atoms with Gasteiger partial charge in [0.25, 0.3) is 0 Å². The maximum atomic E-state index is 6.25. The van der Waals surface area contributed by atoms with Gasteiger partial charge in [-0.25, -0.2) is 9.97 Å². The minimum absolute atomic E-state index is 0.267. The maximum absolute atomic E-state index is 6.25. The molecule has 1 N–H and O–H groups in total. The van der Waals surface area contributed by atoms with Crippen LogP contribution in [0.3, 0.4) is 0 Å². The van der Waals surface area contributed by atoms with Crippen LogP contribution in [0.2, 0.25) is 5.15 Å². The highest BCUT2D eigenvalue weighted by molar-refractivity contribution is 8.00. The fraction of sp³-hybridized carbons (Fsp3) is 0.733. The van der Waals surface area contributed by atoms with Gasteiger partial charge in [-0.15, -0.1) is 0 Å². The minimum Gasteiger partial charge on any atom is -0.368 e. The molecule has 1 fully saturated rings. The normalized spacial score (nSPS) is 15.4. The molecule has 20 heavy (non-hydrogen) atoms. The van der Waals surface area contributed by atoms with Crippen molar-refractivity contribution in [2.24, 2.45) is 0 Å². The Kier molecular flexibility index (Phi) is 5.19. The topological polar surface area (TPSA) is 37.8 Å². The van der Waals surface area contributed by atoms with Gasteiger partial charge >= 0.3 is 0 Å². The van der Waals surface area contributed by atoms with Crippen LogP contribution in [0.1, 0.15) is 56.8 Å². The van der Waals surface area contributed by atoms with Gasteiger partial charge in [0.1, 0.15) is 16.8 Å². The fourth-order valence-electron chi connectivity index (χ4n) is 2.31. The van der Waals surface area contributed by atoms with Gasteiger partial charge in [0.15, 0.2) is 0 Å². The van der Waals surface area contributed by atoms with E-state index < -0.39 is 0 Å². The van der Waals surface area contributed by atoms with Gasteiger partial charge in [-0.05, 0) is 38.9 Å². The number of nitrogens with zero attached hydrogens (tertiary/aromatic N) is 2. The molecule has 0 saturated heterocycles. The smallest absolute Gasteiger partial charge is 0.137 e. The number of aromatic nitrogens is 2. The molecule has 1 heterocycles. The molecule has 0 aromatic carbocycles. The van der Waals surface area contributed by atoms with Gasteiger partial charge in [-0.3, -0.25) is 0 Å². The third-order valence-electron chi connectivity index (χ3n) is 4.35. The molecule has 0 aliphatic heterocycles. The number of hydrogen-bond acceptors (Lipinski definition) is 4. The second-order valence-corrected chi connectivity index (χ2v) is 7.20. The lowest BCUT2D eigenvalue weighted by molar-refractivity contribution is 0.573. The molecule has 1 aliphatic rings. The van der Waals surface area contributed by atoms with Crippen molar-refractivity contribution in [3.8, 4) is 0 Å². The number of halogens is 1. The lowest BCUT2D eigenvalue weighted by Crippen LogP contribution is -2.32. The van der Waals surface area contributed by atoms with Crippen molar-refractivity contribution in [2.75, 3.05) is 18.1 Å². The summed E-state index contributed by atoms with van der Waals surface area (Å²) in [4.78, 5) is 9.09. The van der Waals surface area contributed by atoms with Crippen LogP contribution in [0.15, 0.2) is 0 Å². The maximum Gasteiger partial charge on any atom is 0.137 e. The largest absolute Gasteiger partial charge is 0.368 e. The Bertz CT molecular complexity index is 462. The number of anilines is 1. The lowest BCUT2D eigenvalue weighted by Gasteiger charge is -2.30. The zero-order valence-corrected chi connectivity index (χ0v) is 14.4. The molecular weight excluding hydrogens is 290 g/mol. The Morgan fingerprint density at radius 2 is 1.95 bits per heavy atom. The Hall–Kier alpha value is -0.480. The standard InChI is InChI=1S/C15H24ClN3S/c1-5-15(6-2,20-4)9-17-13-10(3)12(16)18-14(19-13)11-7-8-11/h11H,5-9H2,1-4H3,(H,17,18,19). The summed E-state index contributed by atoms with van der Waals surface area (Å²) < 4.78 is 0.267. The summed E-state index contributed by atoms with van der Waals surface area (Å²) in [6, 6.07) is 0. The summed E-state index contributed by atoms with van der Waals surface area (Å²) in [7, 11) is 0. The second kappa shape index (κ2) is 6.52. The first-order chi connectivity index (χ1) is 9.55. The van der Waals surface area contributed by atoms with Gasteiger partial charge in [0.2, 0.25) is 0 Å². The molecule has 0 atom stereocenters. The Balaban J connectivity index is 2.16. The van der Waals surface area contributed by atoms with E-state index in [1.165, 1.54) is 12.8 Å². The Morgan fingerprint density at radius 3 is 2.45 bits per heavy atom. The van der Waals surface area contributed by atoms with E-state index in [-0.39, 0.29) is 4.75 Å². The van der Waals surface area contributed by atoms with Crippen molar-refractivity contribution < 1.29 is 0 Å². The molecule has 5 heteroatoms. The lowest BCUT2D eigenvalue weighted by atomic mass is 10.0. The van der Waals surface area contributed by atoms with E-state index in [2.05, 4.69) is 35.4 Å². The van der Waals surface area contributed by atoms with E-state index in [0.717, 1.165) is 36.6 Å². The molecular formula is C15H24ClN3S. The highest BCUT2D eigenvalue weighted by Gasteiger charge is 2.29. The van der Waals surface area contributed by atoms with Gasteiger partial charge in [0, 0.05) is 22.8 Å². The van der Waals surface area contributed by atoms with Crippen molar-refractivity contribution in [3.63, 3.8) is 0 Å². The first-order valence-electron chi connectivity index (χ1n) is 7.38. The van der Waals surface area contributed by atoms with E-state index >= 15 is 0 Å². The summed E-state index contributed by atoms with van der Waals surface area (Å²) >= 11 is 8.18. The molecule has 1 aromatic rings. The van der Waals surface area contributed by atoms with Crippen LogP contribution in [0.4, 0.5) is 5.82 Å². The predicted octanol–water partition coefficient (Wildman–Crippen LogP) is 4.65. The Labute approximate surface area is 131 Å². The van der Waals surface area contributed by atoms with Gasteiger partial charge in [0.05, 0.1) is 0 Å². The van der Waals surface area contributed by atoms with Crippen LogP contribution >= 0.6 is 23.4 Å². The van der Waals surface area contributed by atoms with E-state index in [1.807, 2.05) is 18.7 Å². The van der Waals surface area contributed by atoms with Crippen LogP contribution in [-0.4, -0.2) is 27.5 Å². The first kappa shape index (κ1) is 15.9. The SMILES string of the molecule is CCC(CC)(CNc1nc(C2CC2)nc(Cl)c1C)SC. The van der Waals surface area contributed by atoms with Gasteiger partial charge in [-0.1, -0.05) is 25.4 Å². The molecule has 0 spiro atoms. The fourth-order valence-corrected chi connectivity index (χ4v) is 3.28. The average molecular weight is 314 g/mol. The summed E-state index contributed by atoms with van der Waals surface area (Å²) in [6.07, 6.45) is 6.86. The number of thioether (sulfide) groups is 1. The highest BCUT2D eigenvalue weighted by atomic mass is 35.5. The monoisotopic (exact) mass is 313 g/mol. The van der Waals surface area contributed by atoms with E-state index in [1.54, 1.807) is 0 Å². The third-order valence-corrected chi connectivity index (χ3v) is 6.30. The molecule has 0 unspecified atom stereocenters. The van der Waals surface area contributed by atoms with Crippen LogP contribution in [0.5, 0.6) is 0 Å². The summed E-state index contributed by atoms with van der Waals surface area (Å²) in [6.45, 7) is 7.40. The second-order valence-electron chi connectivity index (χ2n) is 5.57. The quantitative estimate of drug-likeness (QED) is 0.744. The highest BCUT2D eigenvalue weighted by Crippen LogP contribution is 2.39. The molecule has 0 bridgehead atoms. The summed E-state index contributed by atoms with van der Waals surface area (Å²) in [5.74, 6) is 2.34. The zero-order valence-electron chi connectivity index (χ0n) is 12.8. The van der Waals surface area contributed by atoms with E-state index in [0.29, 0.717) is 11.1 Å². The summed E-state index contributed by atoms with van der Waals surface area (Å²) in [5.41, 5.74) is 0.957. The number of hydrogen-bond donors (Lipinski definition) is 1. The van der Waals surface area contributed by atoms with Crippen molar-refractivity contribution in [2.45, 2.75) is 57.1 Å². The van der Waals surface area contributed by atoms with Crippen molar-refractivity contribution >= 4 is 29.2 Å². The van der Waals surface area contributed by atoms with Crippen LogP contribution < -0.4 is 5.32 Å². The zero-order chi connectivity index (χ0) is 14.8. The third kappa shape index (κ3) is 3.40. The van der Waals surface area contributed by atoms with Crippen LogP contribution in [0.25, 0.3) is 0 Å². The van der Waals surface area contributed by atoms with Gasteiger partial charge in [-0.2, -0.15) is 11.8 Å². The number of nitrogens with one attached hydrogen (secondary N) is 1. The molecule has 1 aromatic heterocycles. The van der Waals surface area contributed by atoms with Crippen LogP contribution in [-0.2, 0) is 0 Å². The van der Waals surface area contributed by atoms with Crippen LogP contribution in [0, 0.1) is 6.92 Å². The first-order valence-corrected chi connectivity index (χ1v) is 8.98. The predicted molar refractivity (Wildman–Crippen MR) is 89.1 cm³/mol. The minimum atomic E-state index is 0.267. The number of rotatable bonds is 7. The van der Waals surface area contributed by atoms with E-state index in [9.17, 15) is 0 Å². The molecule has 0 radical (unpaired) electrons. The Morgan fingerprint density at radius 1 is 1.30 bits per heavy atom. The van der Waals surface area contributed by atoms with Crippen molar-refractivity contribution in [3.05, 3.63) is 16.5 Å². The average Bonchev–Trinajstić information content (AvgIpc) is 3.29. The molecule has 1 saturated carbocycles. The molecule has 2 rings (SSSR count). The van der Waals surface area contributed by atoms with E-state index in [4.69, 9.17) is 11.6 Å². The molecule has 3 nitrogen and oxygen atoms in total. The van der Waals surface area contributed by atoms with Crippen molar-refractivity contribution in [1.29, 1.82) is 0 Å². The summed E-state index contributed by atoms with van der Waals surface area (Å²) in [5, 5.41) is 4.10. The van der Waals surface area contributed by atoms with Gasteiger partial charge < -0.3 is 5.32 Å². The molecule has 1 aliphatic carbocycles. The van der Waals surface area contributed by atoms with Crippen molar-refractivity contribution in [1.82, 2.24) is 9.97 Å². The molecule has 112 valence electrons. The molecule has 0 amide bonds.